The molecule has 1 saturated carbocycles. The average molecular weight is 268 g/mol. The SMILES string of the molecule is Cc1ccc(NC(=O)C2(/C(N)=N/O)CC2)c(Cl)c1. The molecule has 0 heterocycles. The van der Waals surface area contributed by atoms with E-state index in [9.17, 15) is 4.79 Å². The smallest absolute Gasteiger partial charge is 0.238 e. The number of carbonyl (C=O) groups is 1. The van der Waals surface area contributed by atoms with Crippen molar-refractivity contribution in [1.29, 1.82) is 0 Å². The Morgan fingerprint density at radius 2 is 2.22 bits per heavy atom. The molecule has 0 spiro atoms. The number of nitrogens with zero attached hydrogens (tertiary/aromatic N) is 1. The predicted molar refractivity (Wildman–Crippen MR) is 69.9 cm³/mol. The summed E-state index contributed by atoms with van der Waals surface area (Å²) >= 11 is 6.03. The molecule has 96 valence electrons. The average Bonchev–Trinajstić information content (AvgIpc) is 3.13. The van der Waals surface area contributed by atoms with E-state index in [1.807, 2.05) is 13.0 Å². The Hall–Kier alpha value is -1.75. The summed E-state index contributed by atoms with van der Waals surface area (Å²) in [6.07, 6.45) is 1.16. The van der Waals surface area contributed by atoms with Gasteiger partial charge in [0.15, 0.2) is 5.84 Å². The Morgan fingerprint density at radius 3 is 2.72 bits per heavy atom. The molecule has 1 aromatic carbocycles. The summed E-state index contributed by atoms with van der Waals surface area (Å²) in [5.41, 5.74) is 6.21. The molecule has 18 heavy (non-hydrogen) atoms. The van der Waals surface area contributed by atoms with Gasteiger partial charge in [-0.25, -0.2) is 0 Å². The number of aryl methyl sites for hydroxylation is 1. The highest BCUT2D eigenvalue weighted by Crippen LogP contribution is 2.47. The molecule has 0 atom stereocenters. The molecule has 0 radical (unpaired) electrons. The summed E-state index contributed by atoms with van der Waals surface area (Å²) in [5.74, 6) is -0.341. The Labute approximate surface area is 110 Å². The van der Waals surface area contributed by atoms with Crippen LogP contribution < -0.4 is 11.1 Å². The predicted octanol–water partition coefficient (Wildman–Crippen LogP) is 2.11. The highest BCUT2D eigenvalue weighted by molar-refractivity contribution is 6.34. The number of hydrogen-bond acceptors (Lipinski definition) is 3. The van der Waals surface area contributed by atoms with Crippen LogP contribution in [0.3, 0.4) is 0 Å². The zero-order valence-electron chi connectivity index (χ0n) is 9.90. The van der Waals surface area contributed by atoms with E-state index in [-0.39, 0.29) is 11.7 Å². The maximum absolute atomic E-state index is 12.1. The Balaban J connectivity index is 2.18. The third-order valence-electron chi connectivity index (χ3n) is 3.16. The van der Waals surface area contributed by atoms with Crippen LogP contribution in [0.25, 0.3) is 0 Å². The van der Waals surface area contributed by atoms with Crippen LogP contribution in [0.2, 0.25) is 5.02 Å². The van der Waals surface area contributed by atoms with Crippen LogP contribution in [0.1, 0.15) is 18.4 Å². The lowest BCUT2D eigenvalue weighted by Gasteiger charge is -2.14. The third kappa shape index (κ3) is 2.13. The van der Waals surface area contributed by atoms with E-state index in [2.05, 4.69) is 10.5 Å². The molecule has 1 amide bonds. The van der Waals surface area contributed by atoms with E-state index in [1.165, 1.54) is 0 Å². The van der Waals surface area contributed by atoms with E-state index in [1.54, 1.807) is 12.1 Å². The molecule has 0 bridgehead atoms. The number of amidine groups is 1. The molecule has 0 unspecified atom stereocenters. The van der Waals surface area contributed by atoms with Crippen molar-refractivity contribution < 1.29 is 10.0 Å². The van der Waals surface area contributed by atoms with Crippen molar-refractivity contribution in [1.82, 2.24) is 0 Å². The van der Waals surface area contributed by atoms with Crippen LogP contribution in [0, 0.1) is 12.3 Å². The van der Waals surface area contributed by atoms with Crippen LogP contribution in [0.5, 0.6) is 0 Å². The number of hydrogen-bond donors (Lipinski definition) is 3. The quantitative estimate of drug-likeness (QED) is 0.339. The molecule has 4 N–H and O–H groups in total. The van der Waals surface area contributed by atoms with E-state index in [0.717, 1.165) is 5.56 Å². The second kappa shape index (κ2) is 4.49. The zero-order chi connectivity index (χ0) is 13.3. The van der Waals surface area contributed by atoms with E-state index in [0.29, 0.717) is 23.6 Å². The lowest BCUT2D eigenvalue weighted by atomic mass is 10.1. The number of anilines is 1. The fourth-order valence-electron chi connectivity index (χ4n) is 1.78. The normalized spacial score (nSPS) is 17.3. The summed E-state index contributed by atoms with van der Waals surface area (Å²) in [6, 6.07) is 5.35. The second-order valence-corrected chi connectivity index (χ2v) is 4.91. The van der Waals surface area contributed by atoms with Crippen molar-refractivity contribution in [3.63, 3.8) is 0 Å². The van der Waals surface area contributed by atoms with Gasteiger partial charge in [-0.3, -0.25) is 4.79 Å². The summed E-state index contributed by atoms with van der Waals surface area (Å²) in [6.45, 7) is 1.91. The van der Waals surface area contributed by atoms with Crippen molar-refractivity contribution in [3.05, 3.63) is 28.8 Å². The Morgan fingerprint density at radius 1 is 1.56 bits per heavy atom. The summed E-state index contributed by atoms with van der Waals surface area (Å²) < 4.78 is 0. The Bertz CT molecular complexity index is 524. The third-order valence-corrected chi connectivity index (χ3v) is 3.47. The first-order valence-corrected chi connectivity index (χ1v) is 5.93. The van der Waals surface area contributed by atoms with Gasteiger partial charge in [-0.05, 0) is 37.5 Å². The Kier molecular flexibility index (Phi) is 3.17. The fourth-order valence-corrected chi connectivity index (χ4v) is 2.07. The first kappa shape index (κ1) is 12.7. The van der Waals surface area contributed by atoms with Gasteiger partial charge in [-0.2, -0.15) is 0 Å². The maximum Gasteiger partial charge on any atom is 0.238 e. The number of oxime groups is 1. The lowest BCUT2D eigenvalue weighted by molar-refractivity contribution is -0.119. The summed E-state index contributed by atoms with van der Waals surface area (Å²) in [7, 11) is 0. The minimum Gasteiger partial charge on any atom is -0.409 e. The van der Waals surface area contributed by atoms with Gasteiger partial charge in [0.05, 0.1) is 10.7 Å². The van der Waals surface area contributed by atoms with E-state index in [4.69, 9.17) is 22.5 Å². The molecule has 0 saturated heterocycles. The molecule has 2 rings (SSSR count). The number of halogens is 1. The number of nitrogens with one attached hydrogen (secondary N) is 1. The van der Waals surface area contributed by atoms with Gasteiger partial charge in [-0.1, -0.05) is 22.8 Å². The van der Waals surface area contributed by atoms with Crippen molar-refractivity contribution >= 4 is 29.0 Å². The minimum absolute atomic E-state index is 0.0526. The highest BCUT2D eigenvalue weighted by Gasteiger charge is 2.54. The highest BCUT2D eigenvalue weighted by atomic mass is 35.5. The van der Waals surface area contributed by atoms with E-state index < -0.39 is 5.41 Å². The second-order valence-electron chi connectivity index (χ2n) is 4.50. The molecule has 1 aromatic rings. The molecule has 0 aromatic heterocycles. The number of amides is 1. The molecule has 1 fully saturated rings. The van der Waals surface area contributed by atoms with Gasteiger partial charge >= 0.3 is 0 Å². The van der Waals surface area contributed by atoms with Crippen molar-refractivity contribution in [2.24, 2.45) is 16.3 Å². The van der Waals surface area contributed by atoms with Crippen molar-refractivity contribution in [2.75, 3.05) is 5.32 Å². The molecule has 0 aliphatic heterocycles. The maximum atomic E-state index is 12.1. The number of carbonyl (C=O) groups excluding carboxylic acids is 1. The standard InChI is InChI=1S/C12H14ClN3O2/c1-7-2-3-9(8(13)6-7)15-11(17)12(4-5-12)10(14)16-18/h2-3,6,18H,4-5H2,1H3,(H2,14,16)(H,15,17). The van der Waals surface area contributed by atoms with Crippen LogP contribution in [-0.4, -0.2) is 17.0 Å². The summed E-state index contributed by atoms with van der Waals surface area (Å²) in [4.78, 5) is 12.1. The zero-order valence-corrected chi connectivity index (χ0v) is 10.7. The monoisotopic (exact) mass is 267 g/mol. The number of nitrogens with two attached hydrogens (primary N) is 1. The van der Waals surface area contributed by atoms with Crippen LogP contribution in [0.15, 0.2) is 23.4 Å². The van der Waals surface area contributed by atoms with Gasteiger partial charge in [0.25, 0.3) is 0 Å². The van der Waals surface area contributed by atoms with Gasteiger partial charge in [0, 0.05) is 0 Å². The molecule has 5 nitrogen and oxygen atoms in total. The van der Waals surface area contributed by atoms with Crippen LogP contribution in [-0.2, 0) is 4.79 Å². The first-order valence-electron chi connectivity index (χ1n) is 5.55. The first-order chi connectivity index (χ1) is 8.49. The molecule has 1 aliphatic carbocycles. The van der Waals surface area contributed by atoms with Crippen molar-refractivity contribution in [2.45, 2.75) is 19.8 Å². The minimum atomic E-state index is -0.872. The number of benzene rings is 1. The van der Waals surface area contributed by atoms with E-state index >= 15 is 0 Å². The molecule has 6 heteroatoms. The molecular formula is C12H14ClN3O2. The molecule has 1 aliphatic rings. The largest absolute Gasteiger partial charge is 0.409 e. The van der Waals surface area contributed by atoms with Gasteiger partial charge in [0.2, 0.25) is 5.91 Å². The summed E-state index contributed by atoms with van der Waals surface area (Å²) in [5, 5.41) is 14.8. The topological polar surface area (TPSA) is 87.7 Å². The molecular weight excluding hydrogens is 254 g/mol. The van der Waals surface area contributed by atoms with Gasteiger partial charge in [-0.15, -0.1) is 0 Å². The fraction of sp³-hybridized carbons (Fsp3) is 0.333. The lowest BCUT2D eigenvalue weighted by Crippen LogP contribution is -2.36. The van der Waals surface area contributed by atoms with Gasteiger partial charge < -0.3 is 16.3 Å². The van der Waals surface area contributed by atoms with Crippen LogP contribution >= 0.6 is 11.6 Å². The number of rotatable bonds is 3. The van der Waals surface area contributed by atoms with Gasteiger partial charge in [0.1, 0.15) is 5.41 Å². The van der Waals surface area contributed by atoms with Crippen molar-refractivity contribution in [3.8, 4) is 0 Å². The van der Waals surface area contributed by atoms with Crippen LogP contribution in [0.4, 0.5) is 5.69 Å².